The molecular formula is C16H13Cl3Zr. The third-order valence-corrected chi connectivity index (χ3v) is 4.30. The monoisotopic (exact) mass is 400 g/mol. The Hall–Kier alpha value is -0.0669. The standard InChI is InChI=1S/C16H13.3ClH.Zr/c1-2-8-13(7-1)15-11-5-6-12-16(15)14-9-3-4-10-14;;;;/h1-7,9,11H,8,10H2;3*1H;/q;;;;+3/p-3. The summed E-state index contributed by atoms with van der Waals surface area (Å²) in [5.74, 6) is 0. The molecule has 20 heavy (non-hydrogen) atoms. The van der Waals surface area contributed by atoms with Crippen molar-refractivity contribution in [3.8, 4) is 0 Å². The second kappa shape index (κ2) is 9.05. The number of hydrogen-bond acceptors (Lipinski definition) is 0. The summed E-state index contributed by atoms with van der Waals surface area (Å²) in [6, 6.07) is 6.70. The van der Waals surface area contributed by atoms with E-state index in [1.54, 1.807) is 0 Å². The van der Waals surface area contributed by atoms with E-state index in [2.05, 4.69) is 54.7 Å². The fraction of sp³-hybridized carbons (Fsp3) is 0.125. The van der Waals surface area contributed by atoms with Crippen molar-refractivity contribution in [2.75, 3.05) is 0 Å². The van der Waals surface area contributed by atoms with Crippen molar-refractivity contribution >= 4 is 14.4 Å². The zero-order valence-corrected chi connectivity index (χ0v) is 15.5. The van der Waals surface area contributed by atoms with Gasteiger partial charge in [0.25, 0.3) is 0 Å². The van der Waals surface area contributed by atoms with Crippen LogP contribution in [0.15, 0.2) is 54.7 Å². The maximum absolute atomic E-state index is 2.26. The molecule has 0 heterocycles. The summed E-state index contributed by atoms with van der Waals surface area (Å²) >= 11 is 1.50. The first-order valence-electron chi connectivity index (χ1n) is 5.93. The number of allylic oxidation sites excluding steroid dienone is 8. The summed E-state index contributed by atoms with van der Waals surface area (Å²) in [5.41, 5.74) is 5.84. The molecule has 0 bridgehead atoms. The second-order valence-corrected chi connectivity index (χ2v) is 5.70. The van der Waals surface area contributed by atoms with Gasteiger partial charge in [-0.05, 0) is 0 Å². The van der Waals surface area contributed by atoms with Crippen LogP contribution in [0.2, 0.25) is 0 Å². The van der Waals surface area contributed by atoms with E-state index in [9.17, 15) is 0 Å². The molecular weight excluding hydrogens is 390 g/mol. The molecule has 2 aliphatic rings. The van der Waals surface area contributed by atoms with Gasteiger partial charge in [-0.2, -0.15) is 0 Å². The van der Waals surface area contributed by atoms with Gasteiger partial charge >= 0.3 is 118 Å². The molecule has 4 heteroatoms. The maximum atomic E-state index is 2.26. The number of benzene rings is 1. The van der Waals surface area contributed by atoms with Crippen molar-refractivity contribution in [2.45, 2.75) is 12.8 Å². The van der Waals surface area contributed by atoms with Crippen molar-refractivity contribution < 1.29 is 61.9 Å². The molecule has 102 valence electrons. The van der Waals surface area contributed by atoms with Crippen molar-refractivity contribution in [3.05, 3.63) is 65.8 Å². The Balaban J connectivity index is 0.00000120. The Kier molecular flexibility index (Phi) is 9.02. The van der Waals surface area contributed by atoms with Crippen LogP contribution < -0.4 is 40.5 Å². The predicted octanol–water partition coefficient (Wildman–Crippen LogP) is -5.44. The van der Waals surface area contributed by atoms with E-state index < -0.39 is 0 Å². The molecule has 0 nitrogen and oxygen atoms in total. The van der Waals surface area contributed by atoms with Crippen molar-refractivity contribution in [3.63, 3.8) is 0 Å². The third-order valence-electron chi connectivity index (χ3n) is 3.27. The van der Waals surface area contributed by atoms with Crippen LogP contribution in [-0.2, 0) is 24.7 Å². The average molecular weight is 403 g/mol. The van der Waals surface area contributed by atoms with Crippen LogP contribution in [0.1, 0.15) is 24.0 Å². The molecule has 0 atom stereocenters. The van der Waals surface area contributed by atoms with Crippen molar-refractivity contribution in [1.82, 2.24) is 0 Å². The molecule has 0 saturated heterocycles. The molecule has 0 aromatic heterocycles. The fourth-order valence-electron chi connectivity index (χ4n) is 2.45. The Morgan fingerprint density at radius 1 is 0.800 bits per heavy atom. The van der Waals surface area contributed by atoms with Gasteiger partial charge in [-0.25, -0.2) is 0 Å². The van der Waals surface area contributed by atoms with Crippen molar-refractivity contribution in [2.24, 2.45) is 0 Å². The molecule has 0 N–H and O–H groups in total. The molecule has 0 amide bonds. The number of hydrogen-bond donors (Lipinski definition) is 0. The summed E-state index contributed by atoms with van der Waals surface area (Å²) in [4.78, 5) is 0. The first-order valence-corrected chi connectivity index (χ1v) is 7.16. The van der Waals surface area contributed by atoms with E-state index in [1.165, 1.54) is 50.3 Å². The van der Waals surface area contributed by atoms with Crippen LogP contribution >= 0.6 is 0 Å². The summed E-state index contributed by atoms with van der Waals surface area (Å²) < 4.78 is 1.47. The molecule has 1 aromatic rings. The average Bonchev–Trinajstić information content (AvgIpc) is 3.02. The van der Waals surface area contributed by atoms with Crippen molar-refractivity contribution in [1.29, 1.82) is 0 Å². The molecule has 0 radical (unpaired) electrons. The number of rotatable bonds is 2. The summed E-state index contributed by atoms with van der Waals surface area (Å²) in [5, 5.41) is 0. The Morgan fingerprint density at radius 3 is 1.95 bits per heavy atom. The Bertz CT molecular complexity index is 583. The van der Waals surface area contributed by atoms with Gasteiger partial charge in [-0.1, -0.05) is 0 Å². The van der Waals surface area contributed by atoms with Crippen LogP contribution in [0.4, 0.5) is 0 Å². The van der Waals surface area contributed by atoms with E-state index in [0.717, 1.165) is 12.8 Å². The van der Waals surface area contributed by atoms with Gasteiger partial charge in [-0.15, -0.1) is 0 Å². The molecule has 1 aromatic carbocycles. The van der Waals surface area contributed by atoms with Crippen LogP contribution in [0, 0.1) is 0 Å². The summed E-state index contributed by atoms with van der Waals surface area (Å²) in [6.45, 7) is 0. The molecule has 0 aliphatic heterocycles. The normalized spacial score (nSPS) is 14.9. The molecule has 0 unspecified atom stereocenters. The first kappa shape index (κ1) is 19.9. The second-order valence-electron chi connectivity index (χ2n) is 4.38. The molecule has 0 spiro atoms. The minimum atomic E-state index is 0. The van der Waals surface area contributed by atoms with E-state index >= 15 is 0 Å². The predicted molar refractivity (Wildman–Crippen MR) is 69.5 cm³/mol. The Labute approximate surface area is 154 Å². The van der Waals surface area contributed by atoms with Crippen LogP contribution in [0.25, 0.3) is 11.1 Å². The third kappa shape index (κ3) is 3.98. The van der Waals surface area contributed by atoms with Gasteiger partial charge in [0.05, 0.1) is 0 Å². The van der Waals surface area contributed by atoms with Gasteiger partial charge in [0, 0.05) is 0 Å². The SMILES string of the molecule is [Cl-].[Cl-].[Cl-].[Zr+3][c]1cccc(C2=CC=CC2)c1C1=CC=CC1. The molecule has 0 fully saturated rings. The van der Waals surface area contributed by atoms with Crippen LogP contribution in [0.3, 0.4) is 0 Å². The van der Waals surface area contributed by atoms with Crippen LogP contribution in [-0.4, -0.2) is 0 Å². The fourth-order valence-corrected chi connectivity index (χ4v) is 3.41. The van der Waals surface area contributed by atoms with Gasteiger partial charge in [-0.3, -0.25) is 0 Å². The minimum absolute atomic E-state index is 0. The first-order chi connectivity index (χ1) is 8.36. The van der Waals surface area contributed by atoms with Gasteiger partial charge in [0.1, 0.15) is 0 Å². The number of halogens is 3. The van der Waals surface area contributed by atoms with Crippen LogP contribution in [0.5, 0.6) is 0 Å². The zero-order chi connectivity index (χ0) is 11.7. The van der Waals surface area contributed by atoms with E-state index in [-0.39, 0.29) is 37.2 Å². The van der Waals surface area contributed by atoms with Gasteiger partial charge in [0.2, 0.25) is 0 Å². The zero-order valence-electron chi connectivity index (χ0n) is 10.7. The molecule has 2 aliphatic carbocycles. The summed E-state index contributed by atoms with van der Waals surface area (Å²) in [7, 11) is 0. The van der Waals surface area contributed by atoms with Gasteiger partial charge < -0.3 is 37.2 Å². The van der Waals surface area contributed by atoms with E-state index in [0.29, 0.717) is 0 Å². The quantitative estimate of drug-likeness (QED) is 0.463. The van der Waals surface area contributed by atoms with Gasteiger partial charge in [0.15, 0.2) is 0 Å². The molecule has 0 saturated carbocycles. The van der Waals surface area contributed by atoms with E-state index in [1.807, 2.05) is 0 Å². The summed E-state index contributed by atoms with van der Waals surface area (Å²) in [6.07, 6.45) is 15.5. The Morgan fingerprint density at radius 2 is 1.40 bits per heavy atom. The van der Waals surface area contributed by atoms with E-state index in [4.69, 9.17) is 0 Å². The topological polar surface area (TPSA) is 0 Å². The molecule has 3 rings (SSSR count).